The van der Waals surface area contributed by atoms with Crippen LogP contribution in [0.3, 0.4) is 0 Å². The summed E-state index contributed by atoms with van der Waals surface area (Å²) in [7, 11) is 0. The molecular formula is C21H18FN5. The maximum Gasteiger partial charge on any atom is 0.139 e. The van der Waals surface area contributed by atoms with Crippen molar-refractivity contribution < 1.29 is 4.39 Å². The van der Waals surface area contributed by atoms with Crippen molar-refractivity contribution in [1.29, 1.82) is 5.26 Å². The van der Waals surface area contributed by atoms with E-state index < -0.39 is 0 Å². The topological polar surface area (TPSA) is 70.3 Å². The molecule has 2 heterocycles. The Morgan fingerprint density at radius 1 is 1.26 bits per heavy atom. The van der Waals surface area contributed by atoms with Crippen LogP contribution in [0.1, 0.15) is 18.3 Å². The maximum atomic E-state index is 13.5. The molecule has 2 aromatic heterocycles. The van der Waals surface area contributed by atoms with Gasteiger partial charge < -0.3 is 9.55 Å². The molecule has 0 fully saturated rings. The molecule has 0 saturated carbocycles. The Morgan fingerprint density at radius 3 is 2.96 bits per heavy atom. The van der Waals surface area contributed by atoms with Gasteiger partial charge in [-0.05, 0) is 36.2 Å². The fourth-order valence-electron chi connectivity index (χ4n) is 3.30. The molecule has 5 nitrogen and oxygen atoms in total. The molecule has 0 bridgehead atoms. The molecule has 0 aliphatic heterocycles. The molecule has 0 amide bonds. The van der Waals surface area contributed by atoms with E-state index in [4.69, 9.17) is 5.26 Å². The summed E-state index contributed by atoms with van der Waals surface area (Å²) in [5.41, 5.74) is 3.11. The lowest BCUT2D eigenvalue weighted by molar-refractivity contribution is 0.474. The SMILES string of the molecule is CC(Cc1nc2ccc(C#N)cc2[nH]1)Cn1ccnc1-c1cccc(F)c1. The molecule has 1 atom stereocenters. The number of hydrogen-bond donors (Lipinski definition) is 1. The number of imidazole rings is 2. The van der Waals surface area contributed by atoms with Crippen molar-refractivity contribution >= 4 is 11.0 Å². The first kappa shape index (κ1) is 17.0. The number of hydrogen-bond acceptors (Lipinski definition) is 3. The third-order valence-electron chi connectivity index (χ3n) is 4.51. The second-order valence-corrected chi connectivity index (χ2v) is 6.75. The van der Waals surface area contributed by atoms with Gasteiger partial charge in [-0.15, -0.1) is 0 Å². The molecule has 6 heteroatoms. The van der Waals surface area contributed by atoms with Crippen LogP contribution in [-0.2, 0) is 13.0 Å². The van der Waals surface area contributed by atoms with Gasteiger partial charge >= 0.3 is 0 Å². The summed E-state index contributed by atoms with van der Waals surface area (Å²) in [5, 5.41) is 9.01. The summed E-state index contributed by atoms with van der Waals surface area (Å²) in [6.07, 6.45) is 4.41. The zero-order valence-electron chi connectivity index (χ0n) is 14.9. The van der Waals surface area contributed by atoms with Gasteiger partial charge in [-0.3, -0.25) is 0 Å². The first-order valence-corrected chi connectivity index (χ1v) is 8.78. The molecule has 2 aromatic carbocycles. The van der Waals surface area contributed by atoms with Crippen LogP contribution < -0.4 is 0 Å². The van der Waals surface area contributed by atoms with Crippen molar-refractivity contribution in [3.05, 3.63) is 72.1 Å². The van der Waals surface area contributed by atoms with Crippen LogP contribution in [0.5, 0.6) is 0 Å². The lowest BCUT2D eigenvalue weighted by atomic mass is 10.1. The third kappa shape index (κ3) is 3.58. The van der Waals surface area contributed by atoms with E-state index in [0.717, 1.165) is 41.2 Å². The van der Waals surface area contributed by atoms with Gasteiger partial charge in [0.25, 0.3) is 0 Å². The number of benzene rings is 2. The number of nitrogens with zero attached hydrogens (tertiary/aromatic N) is 4. The summed E-state index contributed by atoms with van der Waals surface area (Å²) in [5.74, 6) is 1.67. The largest absolute Gasteiger partial charge is 0.342 e. The molecule has 0 radical (unpaired) electrons. The Hall–Kier alpha value is -3.46. The minimum absolute atomic E-state index is 0.269. The molecular weight excluding hydrogens is 341 g/mol. The lowest BCUT2D eigenvalue weighted by Crippen LogP contribution is -2.11. The van der Waals surface area contributed by atoms with Gasteiger partial charge in [0.15, 0.2) is 0 Å². The maximum absolute atomic E-state index is 13.5. The standard InChI is InChI=1S/C21H18FN5/c1-14(9-20-25-18-6-5-15(12-23)10-19(18)26-20)13-27-8-7-24-21(27)16-3-2-4-17(22)11-16/h2-8,10-11,14H,9,13H2,1H3,(H,25,26). The average molecular weight is 359 g/mol. The van der Waals surface area contributed by atoms with Crippen LogP contribution in [0.2, 0.25) is 0 Å². The lowest BCUT2D eigenvalue weighted by Gasteiger charge is -2.13. The number of fused-ring (bicyclic) bond motifs is 1. The van der Waals surface area contributed by atoms with Crippen molar-refractivity contribution in [2.75, 3.05) is 0 Å². The zero-order chi connectivity index (χ0) is 18.8. The molecule has 1 N–H and O–H groups in total. The Balaban J connectivity index is 1.51. The van der Waals surface area contributed by atoms with Gasteiger partial charge in [-0.25, -0.2) is 14.4 Å². The summed E-state index contributed by atoms with van der Waals surface area (Å²) in [4.78, 5) is 12.3. The van der Waals surface area contributed by atoms with Gasteiger partial charge in [0.05, 0.1) is 22.7 Å². The van der Waals surface area contributed by atoms with Crippen molar-refractivity contribution in [2.45, 2.75) is 19.9 Å². The molecule has 0 aliphatic carbocycles. The van der Waals surface area contributed by atoms with Crippen molar-refractivity contribution in [3.8, 4) is 17.5 Å². The summed E-state index contributed by atoms with van der Waals surface area (Å²) < 4.78 is 15.6. The Labute approximate surface area is 156 Å². The van der Waals surface area contributed by atoms with Crippen LogP contribution >= 0.6 is 0 Å². The fraction of sp³-hybridized carbons (Fsp3) is 0.190. The quantitative estimate of drug-likeness (QED) is 0.577. The number of H-pyrrole nitrogens is 1. The van der Waals surface area contributed by atoms with E-state index in [1.807, 2.05) is 29.0 Å². The zero-order valence-corrected chi connectivity index (χ0v) is 14.9. The van der Waals surface area contributed by atoms with Crippen molar-refractivity contribution in [2.24, 2.45) is 5.92 Å². The normalized spacial score (nSPS) is 12.2. The minimum atomic E-state index is -0.269. The summed E-state index contributed by atoms with van der Waals surface area (Å²) in [6, 6.07) is 14.1. The smallest absolute Gasteiger partial charge is 0.139 e. The van der Waals surface area contributed by atoms with E-state index in [0.29, 0.717) is 11.5 Å². The van der Waals surface area contributed by atoms with Crippen LogP contribution in [-0.4, -0.2) is 19.5 Å². The van der Waals surface area contributed by atoms with Crippen LogP contribution in [0.15, 0.2) is 54.9 Å². The van der Waals surface area contributed by atoms with E-state index in [1.54, 1.807) is 18.3 Å². The van der Waals surface area contributed by atoms with Gasteiger partial charge in [0.1, 0.15) is 17.5 Å². The second kappa shape index (κ2) is 7.04. The number of aromatic nitrogens is 4. The molecule has 0 spiro atoms. The average Bonchev–Trinajstić information content (AvgIpc) is 3.27. The summed E-state index contributed by atoms with van der Waals surface area (Å²) in [6.45, 7) is 2.88. The van der Waals surface area contributed by atoms with E-state index >= 15 is 0 Å². The predicted octanol–water partition coefficient (Wildman–Crippen LogP) is 4.32. The van der Waals surface area contributed by atoms with Crippen molar-refractivity contribution in [3.63, 3.8) is 0 Å². The van der Waals surface area contributed by atoms with Crippen molar-refractivity contribution in [1.82, 2.24) is 19.5 Å². The highest BCUT2D eigenvalue weighted by molar-refractivity contribution is 5.76. The molecule has 4 rings (SSSR count). The number of halogens is 1. The highest BCUT2D eigenvalue weighted by Gasteiger charge is 2.13. The first-order chi connectivity index (χ1) is 13.1. The molecule has 27 heavy (non-hydrogen) atoms. The highest BCUT2D eigenvalue weighted by atomic mass is 19.1. The third-order valence-corrected chi connectivity index (χ3v) is 4.51. The van der Waals surface area contributed by atoms with Crippen LogP contribution in [0, 0.1) is 23.1 Å². The Bertz CT molecular complexity index is 1130. The van der Waals surface area contributed by atoms with E-state index in [-0.39, 0.29) is 5.82 Å². The monoisotopic (exact) mass is 359 g/mol. The predicted molar refractivity (Wildman–Crippen MR) is 101 cm³/mol. The van der Waals surface area contributed by atoms with E-state index in [9.17, 15) is 4.39 Å². The number of nitriles is 1. The molecule has 0 aliphatic rings. The highest BCUT2D eigenvalue weighted by Crippen LogP contribution is 2.21. The number of aromatic amines is 1. The van der Waals surface area contributed by atoms with E-state index in [1.165, 1.54) is 12.1 Å². The minimum Gasteiger partial charge on any atom is -0.342 e. The number of nitrogens with one attached hydrogen (secondary N) is 1. The molecule has 4 aromatic rings. The molecule has 134 valence electrons. The second-order valence-electron chi connectivity index (χ2n) is 6.75. The van der Waals surface area contributed by atoms with E-state index in [2.05, 4.69) is 27.9 Å². The van der Waals surface area contributed by atoms with Gasteiger partial charge in [0, 0.05) is 30.9 Å². The van der Waals surface area contributed by atoms with Crippen LogP contribution in [0.4, 0.5) is 4.39 Å². The fourth-order valence-corrected chi connectivity index (χ4v) is 3.30. The summed E-state index contributed by atoms with van der Waals surface area (Å²) >= 11 is 0. The first-order valence-electron chi connectivity index (χ1n) is 8.78. The molecule has 0 saturated heterocycles. The number of rotatable bonds is 5. The van der Waals surface area contributed by atoms with Crippen LogP contribution in [0.25, 0.3) is 22.4 Å². The van der Waals surface area contributed by atoms with Gasteiger partial charge in [-0.2, -0.15) is 5.26 Å². The van der Waals surface area contributed by atoms with Gasteiger partial charge in [0.2, 0.25) is 0 Å². The van der Waals surface area contributed by atoms with Gasteiger partial charge in [-0.1, -0.05) is 19.1 Å². The molecule has 1 unspecified atom stereocenters. The Kier molecular flexibility index (Phi) is 4.43. The Morgan fingerprint density at radius 2 is 2.15 bits per heavy atom.